The van der Waals surface area contributed by atoms with Gasteiger partial charge in [-0.2, -0.15) is 0 Å². The number of aromatic nitrogens is 3. The molecule has 2 atom stereocenters. The second-order valence-electron chi connectivity index (χ2n) is 7.31. The molecule has 2 aliphatic rings. The van der Waals surface area contributed by atoms with E-state index >= 15 is 0 Å². The maximum absolute atomic E-state index is 5.39. The van der Waals surface area contributed by atoms with E-state index in [1.165, 1.54) is 49.3 Å². The molecule has 0 saturated carbocycles. The van der Waals surface area contributed by atoms with Gasteiger partial charge in [-0.15, -0.1) is 11.3 Å². The summed E-state index contributed by atoms with van der Waals surface area (Å²) in [6.07, 6.45) is 7.46. The van der Waals surface area contributed by atoms with Crippen LogP contribution in [0.1, 0.15) is 72.7 Å². The smallest absolute Gasteiger partial charge is 0.126 e. The summed E-state index contributed by atoms with van der Waals surface area (Å²) in [5, 5.41) is 3.25. The zero-order valence-corrected chi connectivity index (χ0v) is 16.3. The Morgan fingerprint density at radius 2 is 2.12 bits per heavy atom. The van der Waals surface area contributed by atoms with Crippen LogP contribution in [0.4, 0.5) is 0 Å². The molecule has 5 nitrogen and oxygen atoms in total. The number of nitrogens with zero attached hydrogens (tertiary/aromatic N) is 4. The van der Waals surface area contributed by atoms with Crippen molar-refractivity contribution in [1.29, 1.82) is 0 Å². The SMILES string of the molecule is CO[C@H](C)c1nc(CN2CCC[C@@H]2c2nc3c(n2C)CCCC3)cs1. The van der Waals surface area contributed by atoms with Gasteiger partial charge < -0.3 is 9.30 Å². The Balaban J connectivity index is 1.53. The van der Waals surface area contributed by atoms with E-state index in [0.29, 0.717) is 6.04 Å². The van der Waals surface area contributed by atoms with Crippen LogP contribution in [-0.4, -0.2) is 33.1 Å². The Morgan fingerprint density at radius 1 is 1.28 bits per heavy atom. The minimum atomic E-state index is 0.0781. The Kier molecular flexibility index (Phi) is 4.93. The van der Waals surface area contributed by atoms with Crippen molar-refractivity contribution in [3.63, 3.8) is 0 Å². The summed E-state index contributed by atoms with van der Waals surface area (Å²) in [5.41, 5.74) is 3.98. The third kappa shape index (κ3) is 3.27. The summed E-state index contributed by atoms with van der Waals surface area (Å²) in [6, 6.07) is 0.431. The van der Waals surface area contributed by atoms with Gasteiger partial charge in [-0.25, -0.2) is 9.97 Å². The molecule has 3 heterocycles. The fourth-order valence-electron chi connectivity index (χ4n) is 4.20. The molecule has 0 radical (unpaired) electrons. The van der Waals surface area contributed by atoms with E-state index in [2.05, 4.69) is 28.8 Å². The zero-order chi connectivity index (χ0) is 17.4. The number of fused-ring (bicyclic) bond motifs is 1. The van der Waals surface area contributed by atoms with Gasteiger partial charge in [0.2, 0.25) is 0 Å². The van der Waals surface area contributed by atoms with Gasteiger partial charge >= 0.3 is 0 Å². The number of ether oxygens (including phenoxy) is 1. The number of hydrogen-bond donors (Lipinski definition) is 0. The molecule has 6 heteroatoms. The van der Waals surface area contributed by atoms with Crippen molar-refractivity contribution in [3.05, 3.63) is 33.3 Å². The summed E-state index contributed by atoms with van der Waals surface area (Å²) in [6.45, 7) is 4.10. The van der Waals surface area contributed by atoms with Crippen LogP contribution in [0, 0.1) is 0 Å². The topological polar surface area (TPSA) is 43.2 Å². The van der Waals surface area contributed by atoms with Crippen LogP contribution in [0.25, 0.3) is 0 Å². The number of likely N-dealkylation sites (tertiary alicyclic amines) is 1. The third-order valence-corrected chi connectivity index (χ3v) is 6.76. The monoisotopic (exact) mass is 360 g/mol. The number of methoxy groups -OCH3 is 1. The average molecular weight is 361 g/mol. The van der Waals surface area contributed by atoms with Gasteiger partial charge in [-0.05, 0) is 52.0 Å². The molecule has 25 heavy (non-hydrogen) atoms. The van der Waals surface area contributed by atoms with Crippen molar-refractivity contribution in [2.75, 3.05) is 13.7 Å². The lowest BCUT2D eigenvalue weighted by Gasteiger charge is -2.23. The van der Waals surface area contributed by atoms with Gasteiger partial charge in [0.05, 0.1) is 17.4 Å². The molecule has 1 saturated heterocycles. The quantitative estimate of drug-likeness (QED) is 0.813. The largest absolute Gasteiger partial charge is 0.375 e. The minimum absolute atomic E-state index is 0.0781. The molecule has 0 bridgehead atoms. The van der Waals surface area contributed by atoms with E-state index in [9.17, 15) is 0 Å². The van der Waals surface area contributed by atoms with Crippen LogP contribution in [0.2, 0.25) is 0 Å². The molecule has 4 rings (SSSR count). The lowest BCUT2D eigenvalue weighted by atomic mass is 10.0. The first-order chi connectivity index (χ1) is 12.2. The van der Waals surface area contributed by atoms with Crippen LogP contribution < -0.4 is 0 Å². The molecule has 0 N–H and O–H groups in total. The number of aryl methyl sites for hydroxylation is 1. The van der Waals surface area contributed by atoms with E-state index in [1.807, 2.05) is 0 Å². The molecule has 1 aliphatic carbocycles. The highest BCUT2D eigenvalue weighted by molar-refractivity contribution is 7.09. The van der Waals surface area contributed by atoms with Crippen LogP contribution in [0.3, 0.4) is 0 Å². The minimum Gasteiger partial charge on any atom is -0.375 e. The van der Waals surface area contributed by atoms with E-state index in [1.54, 1.807) is 18.4 Å². The fourth-order valence-corrected chi connectivity index (χ4v) is 5.05. The first kappa shape index (κ1) is 17.2. The number of imidazole rings is 1. The molecule has 0 spiro atoms. The Labute approximate surface area is 154 Å². The molecule has 0 aromatic carbocycles. The standard InChI is InChI=1S/C19H28N4OS/c1-13(24-3)19-20-14(12-25-19)11-23-10-6-9-17(23)18-21-15-7-4-5-8-16(15)22(18)2/h12-13,17H,4-11H2,1-3H3/t13-,17-/m1/s1. The van der Waals surface area contributed by atoms with Crippen LogP contribution >= 0.6 is 11.3 Å². The highest BCUT2D eigenvalue weighted by Crippen LogP contribution is 2.35. The number of rotatable bonds is 5. The fraction of sp³-hybridized carbons (Fsp3) is 0.684. The van der Waals surface area contributed by atoms with E-state index in [-0.39, 0.29) is 6.10 Å². The van der Waals surface area contributed by atoms with Crippen LogP contribution in [0.5, 0.6) is 0 Å². The first-order valence-electron chi connectivity index (χ1n) is 9.43. The van der Waals surface area contributed by atoms with E-state index < -0.39 is 0 Å². The predicted molar refractivity (Wildman–Crippen MR) is 99.8 cm³/mol. The molecule has 1 fully saturated rings. The molecule has 0 unspecified atom stereocenters. The normalized spacial score (nSPS) is 22.3. The molecule has 136 valence electrons. The van der Waals surface area contributed by atoms with Gasteiger partial charge in [0.25, 0.3) is 0 Å². The zero-order valence-electron chi connectivity index (χ0n) is 15.5. The Morgan fingerprint density at radius 3 is 2.92 bits per heavy atom. The summed E-state index contributed by atoms with van der Waals surface area (Å²) in [4.78, 5) is 12.4. The van der Waals surface area contributed by atoms with Crippen molar-refractivity contribution in [2.45, 2.75) is 64.1 Å². The predicted octanol–water partition coefficient (Wildman–Crippen LogP) is 3.80. The molecule has 2 aromatic rings. The highest BCUT2D eigenvalue weighted by Gasteiger charge is 2.32. The van der Waals surface area contributed by atoms with Gasteiger partial charge in [0, 0.05) is 31.8 Å². The van der Waals surface area contributed by atoms with Crippen molar-refractivity contribution in [1.82, 2.24) is 19.4 Å². The van der Waals surface area contributed by atoms with Crippen LogP contribution in [0.15, 0.2) is 5.38 Å². The number of thiazole rings is 1. The summed E-state index contributed by atoms with van der Waals surface area (Å²) < 4.78 is 7.78. The van der Waals surface area contributed by atoms with Crippen LogP contribution in [-0.2, 0) is 31.2 Å². The summed E-state index contributed by atoms with van der Waals surface area (Å²) in [7, 11) is 3.95. The lowest BCUT2D eigenvalue weighted by molar-refractivity contribution is 0.119. The maximum Gasteiger partial charge on any atom is 0.126 e. The van der Waals surface area contributed by atoms with Crippen molar-refractivity contribution < 1.29 is 4.74 Å². The Hall–Kier alpha value is -1.24. The van der Waals surface area contributed by atoms with E-state index in [0.717, 1.165) is 30.2 Å². The van der Waals surface area contributed by atoms with Crippen molar-refractivity contribution in [2.24, 2.45) is 7.05 Å². The number of hydrogen-bond acceptors (Lipinski definition) is 5. The second kappa shape index (κ2) is 7.17. The maximum atomic E-state index is 5.39. The average Bonchev–Trinajstić information content (AvgIpc) is 3.35. The molecule has 0 amide bonds. The first-order valence-corrected chi connectivity index (χ1v) is 10.3. The lowest BCUT2D eigenvalue weighted by Crippen LogP contribution is -2.25. The van der Waals surface area contributed by atoms with Gasteiger partial charge in [0.15, 0.2) is 0 Å². The van der Waals surface area contributed by atoms with Crippen molar-refractivity contribution in [3.8, 4) is 0 Å². The van der Waals surface area contributed by atoms with E-state index in [4.69, 9.17) is 14.7 Å². The third-order valence-electron chi connectivity index (χ3n) is 5.71. The summed E-state index contributed by atoms with van der Waals surface area (Å²) in [5.74, 6) is 1.27. The molecular weight excluding hydrogens is 332 g/mol. The van der Waals surface area contributed by atoms with Gasteiger partial charge in [-0.3, -0.25) is 4.90 Å². The highest BCUT2D eigenvalue weighted by atomic mass is 32.1. The molecular formula is C19H28N4OS. The molecule has 1 aliphatic heterocycles. The second-order valence-corrected chi connectivity index (χ2v) is 8.20. The van der Waals surface area contributed by atoms with Gasteiger partial charge in [0.1, 0.15) is 16.9 Å². The van der Waals surface area contributed by atoms with Gasteiger partial charge in [-0.1, -0.05) is 0 Å². The molecule has 2 aromatic heterocycles. The summed E-state index contributed by atoms with van der Waals surface area (Å²) >= 11 is 1.70. The van der Waals surface area contributed by atoms with Crippen molar-refractivity contribution >= 4 is 11.3 Å². The Bertz CT molecular complexity index is 738.